The van der Waals surface area contributed by atoms with Crippen LogP contribution in [0.25, 0.3) is 0 Å². The van der Waals surface area contributed by atoms with Gasteiger partial charge in [0.2, 0.25) is 11.8 Å². The molecule has 0 aliphatic carbocycles. The van der Waals surface area contributed by atoms with Crippen LogP contribution in [0.15, 0.2) is 24.3 Å². The van der Waals surface area contributed by atoms with Gasteiger partial charge in [0, 0.05) is 32.4 Å². The Bertz CT molecular complexity index is 706. The van der Waals surface area contributed by atoms with Crippen LogP contribution < -0.4 is 4.90 Å². The van der Waals surface area contributed by atoms with Crippen molar-refractivity contribution in [2.24, 2.45) is 0 Å². The molecular formula is C21H28N2O4. The third kappa shape index (κ3) is 3.36. The van der Waals surface area contributed by atoms with Crippen molar-refractivity contribution in [2.45, 2.75) is 43.6 Å². The number of hydrogen-bond acceptors (Lipinski definition) is 4. The van der Waals surface area contributed by atoms with Gasteiger partial charge in [-0.3, -0.25) is 9.59 Å². The first-order chi connectivity index (χ1) is 13.1. The van der Waals surface area contributed by atoms with E-state index in [-0.39, 0.29) is 24.5 Å². The Morgan fingerprint density at radius 3 is 2.78 bits per heavy atom. The zero-order valence-electron chi connectivity index (χ0n) is 16.0. The molecular weight excluding hydrogens is 344 g/mol. The number of likely N-dealkylation sites (tertiary alicyclic amines) is 1. The van der Waals surface area contributed by atoms with Gasteiger partial charge in [-0.25, -0.2) is 0 Å². The molecule has 2 fully saturated rings. The minimum atomic E-state index is -0.473. The quantitative estimate of drug-likeness (QED) is 0.812. The van der Waals surface area contributed by atoms with Crippen molar-refractivity contribution in [2.75, 3.05) is 44.9 Å². The smallest absolute Gasteiger partial charge is 0.248 e. The first-order valence-corrected chi connectivity index (χ1v) is 9.96. The molecule has 0 radical (unpaired) electrons. The summed E-state index contributed by atoms with van der Waals surface area (Å²) in [6.45, 7) is 2.56. The third-order valence-corrected chi connectivity index (χ3v) is 6.27. The molecule has 1 spiro atoms. The molecule has 1 unspecified atom stereocenters. The molecule has 3 aliphatic rings. The highest BCUT2D eigenvalue weighted by Gasteiger charge is 2.51. The van der Waals surface area contributed by atoms with E-state index < -0.39 is 5.41 Å². The number of piperidine rings is 1. The van der Waals surface area contributed by atoms with Gasteiger partial charge in [-0.05, 0) is 43.7 Å². The molecule has 1 aromatic rings. The zero-order chi connectivity index (χ0) is 18.9. The van der Waals surface area contributed by atoms with E-state index in [4.69, 9.17) is 9.47 Å². The topological polar surface area (TPSA) is 59.1 Å². The first-order valence-electron chi connectivity index (χ1n) is 9.96. The highest BCUT2D eigenvalue weighted by Crippen LogP contribution is 2.47. The van der Waals surface area contributed by atoms with E-state index >= 15 is 0 Å². The van der Waals surface area contributed by atoms with Gasteiger partial charge >= 0.3 is 0 Å². The Morgan fingerprint density at radius 1 is 1.26 bits per heavy atom. The molecule has 2 saturated heterocycles. The predicted octanol–water partition coefficient (Wildman–Crippen LogP) is 2.11. The van der Waals surface area contributed by atoms with Gasteiger partial charge in [0.15, 0.2) is 0 Å². The van der Waals surface area contributed by atoms with E-state index in [0.29, 0.717) is 32.5 Å². The van der Waals surface area contributed by atoms with Crippen molar-refractivity contribution in [1.82, 2.24) is 4.90 Å². The van der Waals surface area contributed by atoms with Gasteiger partial charge in [0.05, 0.1) is 18.1 Å². The monoisotopic (exact) mass is 372 g/mol. The highest BCUT2D eigenvalue weighted by atomic mass is 16.5. The molecule has 0 aromatic heterocycles. The maximum Gasteiger partial charge on any atom is 0.248 e. The molecule has 2 amide bonds. The molecule has 146 valence electrons. The summed E-state index contributed by atoms with van der Waals surface area (Å²) in [5.74, 6) is 0.161. The van der Waals surface area contributed by atoms with E-state index in [1.54, 1.807) is 4.90 Å². The summed E-state index contributed by atoms with van der Waals surface area (Å²) in [7, 11) is 1.84. The SMILES string of the molecule is CN1C(=O)C2(CCN(C(=O)COCC3CCCCO3)CC2)c2ccccc21. The Balaban J connectivity index is 1.32. The van der Waals surface area contributed by atoms with Crippen molar-refractivity contribution in [3.05, 3.63) is 29.8 Å². The standard InChI is InChI=1S/C21H28N2O4/c1-22-18-8-3-2-7-17(18)21(20(22)25)9-11-23(12-10-21)19(24)15-26-14-16-6-4-5-13-27-16/h2-3,7-8,16H,4-6,9-15H2,1H3. The van der Waals surface area contributed by atoms with Crippen LogP contribution >= 0.6 is 0 Å². The number of carbonyl (C=O) groups excluding carboxylic acids is 2. The number of ether oxygens (including phenoxy) is 2. The van der Waals surface area contributed by atoms with Crippen LogP contribution in [0, 0.1) is 0 Å². The van der Waals surface area contributed by atoms with Crippen molar-refractivity contribution < 1.29 is 19.1 Å². The fourth-order valence-electron chi connectivity index (χ4n) is 4.65. The Morgan fingerprint density at radius 2 is 2.04 bits per heavy atom. The summed E-state index contributed by atoms with van der Waals surface area (Å²) in [6.07, 6.45) is 4.76. The number of nitrogens with zero attached hydrogens (tertiary/aromatic N) is 2. The summed E-state index contributed by atoms with van der Waals surface area (Å²) in [6, 6.07) is 8.02. The van der Waals surface area contributed by atoms with Gasteiger partial charge in [-0.15, -0.1) is 0 Å². The van der Waals surface area contributed by atoms with Crippen LogP contribution in [0.2, 0.25) is 0 Å². The average Bonchev–Trinajstić information content (AvgIpc) is 2.92. The van der Waals surface area contributed by atoms with Gasteiger partial charge in [-0.1, -0.05) is 18.2 Å². The van der Waals surface area contributed by atoms with Gasteiger partial charge < -0.3 is 19.3 Å². The molecule has 0 bridgehead atoms. The molecule has 3 heterocycles. The number of rotatable bonds is 4. The van der Waals surface area contributed by atoms with E-state index in [1.165, 1.54) is 6.42 Å². The average molecular weight is 372 g/mol. The second-order valence-electron chi connectivity index (χ2n) is 7.85. The number of fused-ring (bicyclic) bond motifs is 2. The minimum Gasteiger partial charge on any atom is -0.376 e. The maximum absolute atomic E-state index is 12.9. The lowest BCUT2D eigenvalue weighted by Crippen LogP contribution is -2.50. The summed E-state index contributed by atoms with van der Waals surface area (Å²) >= 11 is 0. The number of para-hydroxylation sites is 1. The van der Waals surface area contributed by atoms with Crippen molar-refractivity contribution in [3.63, 3.8) is 0 Å². The fourth-order valence-corrected chi connectivity index (χ4v) is 4.65. The fraction of sp³-hybridized carbons (Fsp3) is 0.619. The lowest BCUT2D eigenvalue weighted by atomic mass is 9.73. The molecule has 4 rings (SSSR count). The first kappa shape index (κ1) is 18.4. The van der Waals surface area contributed by atoms with Crippen LogP contribution in [-0.2, 0) is 24.5 Å². The maximum atomic E-state index is 12.9. The summed E-state index contributed by atoms with van der Waals surface area (Å²) in [5, 5.41) is 0. The van der Waals surface area contributed by atoms with Gasteiger partial charge in [-0.2, -0.15) is 0 Å². The minimum absolute atomic E-state index is 0.00717. The van der Waals surface area contributed by atoms with E-state index in [1.807, 2.05) is 30.1 Å². The Labute approximate surface area is 160 Å². The van der Waals surface area contributed by atoms with E-state index in [2.05, 4.69) is 6.07 Å². The molecule has 0 N–H and O–H groups in total. The van der Waals surface area contributed by atoms with E-state index in [9.17, 15) is 9.59 Å². The van der Waals surface area contributed by atoms with Gasteiger partial charge in [0.1, 0.15) is 6.61 Å². The van der Waals surface area contributed by atoms with Gasteiger partial charge in [0.25, 0.3) is 0 Å². The second-order valence-corrected chi connectivity index (χ2v) is 7.85. The summed E-state index contributed by atoms with van der Waals surface area (Å²) in [5.41, 5.74) is 1.63. The Kier molecular flexibility index (Phi) is 5.19. The van der Waals surface area contributed by atoms with Crippen LogP contribution in [0.1, 0.15) is 37.7 Å². The number of likely N-dealkylation sites (N-methyl/N-ethyl adjacent to an activating group) is 1. The van der Waals surface area contributed by atoms with Crippen molar-refractivity contribution in [1.29, 1.82) is 0 Å². The molecule has 1 aromatic carbocycles. The van der Waals surface area contributed by atoms with Crippen LogP contribution in [0.4, 0.5) is 5.69 Å². The summed E-state index contributed by atoms with van der Waals surface area (Å²) in [4.78, 5) is 29.0. The number of hydrogen-bond donors (Lipinski definition) is 0. The lowest BCUT2D eigenvalue weighted by molar-refractivity contribution is -0.141. The van der Waals surface area contributed by atoms with E-state index in [0.717, 1.165) is 30.7 Å². The molecule has 1 atom stereocenters. The lowest BCUT2D eigenvalue weighted by Gasteiger charge is -2.38. The number of anilines is 1. The van der Waals surface area contributed by atoms with Crippen molar-refractivity contribution in [3.8, 4) is 0 Å². The largest absolute Gasteiger partial charge is 0.376 e. The molecule has 0 saturated carbocycles. The number of benzene rings is 1. The predicted molar refractivity (Wildman–Crippen MR) is 102 cm³/mol. The Hall–Kier alpha value is -1.92. The van der Waals surface area contributed by atoms with Crippen LogP contribution in [0.3, 0.4) is 0 Å². The third-order valence-electron chi connectivity index (χ3n) is 6.27. The van der Waals surface area contributed by atoms with Crippen LogP contribution in [-0.4, -0.2) is 62.8 Å². The molecule has 6 nitrogen and oxygen atoms in total. The second kappa shape index (κ2) is 7.60. The summed E-state index contributed by atoms with van der Waals surface area (Å²) < 4.78 is 11.2. The zero-order valence-corrected chi connectivity index (χ0v) is 16.0. The number of carbonyl (C=O) groups is 2. The molecule has 3 aliphatic heterocycles. The molecule has 27 heavy (non-hydrogen) atoms. The molecule has 6 heteroatoms. The van der Waals surface area contributed by atoms with Crippen LogP contribution in [0.5, 0.6) is 0 Å². The van der Waals surface area contributed by atoms with Crippen molar-refractivity contribution >= 4 is 17.5 Å². The highest BCUT2D eigenvalue weighted by molar-refractivity contribution is 6.07. The number of amides is 2. The normalized spacial score (nSPS) is 24.3.